The van der Waals surface area contributed by atoms with Crippen LogP contribution in [0.15, 0.2) is 41.6 Å². The van der Waals surface area contributed by atoms with Gasteiger partial charge in [-0.2, -0.15) is 0 Å². The first-order valence-electron chi connectivity index (χ1n) is 7.76. The predicted octanol–water partition coefficient (Wildman–Crippen LogP) is 1.75. The van der Waals surface area contributed by atoms with Crippen LogP contribution in [0.25, 0.3) is 0 Å². The van der Waals surface area contributed by atoms with Crippen LogP contribution in [0.4, 0.5) is 4.79 Å². The molecule has 1 aliphatic heterocycles. The summed E-state index contributed by atoms with van der Waals surface area (Å²) in [5, 5.41) is 5.18. The van der Waals surface area contributed by atoms with Gasteiger partial charge in [-0.25, -0.2) is 14.4 Å². The molecule has 1 heterocycles. The SMILES string of the molecule is CCOC(=O)C1=C(COC(=O)c2ccccc2)NC(=O)N[C@H]1CC. The first-order chi connectivity index (χ1) is 11.6. The van der Waals surface area contributed by atoms with Gasteiger partial charge in [-0.3, -0.25) is 0 Å². The molecule has 24 heavy (non-hydrogen) atoms. The third kappa shape index (κ3) is 4.13. The number of benzene rings is 1. The molecule has 0 bridgehead atoms. The standard InChI is InChI=1S/C17H20N2O5/c1-3-12-14(16(21)23-4-2)13(19-17(22)18-12)10-24-15(20)11-8-6-5-7-9-11/h5-9,12H,3-4,10H2,1-2H3,(H2,18,19,22)/t12-/m0/s1. The number of ether oxygens (including phenoxy) is 2. The Labute approximate surface area is 140 Å². The summed E-state index contributed by atoms with van der Waals surface area (Å²) in [6.45, 7) is 3.53. The molecule has 7 nitrogen and oxygen atoms in total. The number of hydrogen-bond acceptors (Lipinski definition) is 5. The Hall–Kier alpha value is -2.83. The van der Waals surface area contributed by atoms with Crippen molar-refractivity contribution in [3.63, 3.8) is 0 Å². The van der Waals surface area contributed by atoms with Crippen LogP contribution < -0.4 is 10.6 Å². The van der Waals surface area contributed by atoms with Crippen molar-refractivity contribution >= 4 is 18.0 Å². The Morgan fingerprint density at radius 3 is 2.42 bits per heavy atom. The van der Waals surface area contributed by atoms with Crippen molar-refractivity contribution in [1.82, 2.24) is 10.6 Å². The highest BCUT2D eigenvalue weighted by molar-refractivity contribution is 5.95. The average Bonchev–Trinajstić information content (AvgIpc) is 2.59. The zero-order valence-corrected chi connectivity index (χ0v) is 13.6. The van der Waals surface area contributed by atoms with E-state index >= 15 is 0 Å². The van der Waals surface area contributed by atoms with E-state index in [-0.39, 0.29) is 24.5 Å². The predicted molar refractivity (Wildman–Crippen MR) is 86.1 cm³/mol. The summed E-state index contributed by atoms with van der Waals surface area (Å²) >= 11 is 0. The van der Waals surface area contributed by atoms with E-state index in [1.165, 1.54) is 0 Å². The first kappa shape index (κ1) is 17.5. The Kier molecular flexibility index (Phi) is 5.95. The summed E-state index contributed by atoms with van der Waals surface area (Å²) in [6, 6.07) is 7.55. The van der Waals surface area contributed by atoms with Crippen LogP contribution in [0.5, 0.6) is 0 Å². The number of amides is 2. The normalized spacial score (nSPS) is 16.9. The number of hydrogen-bond donors (Lipinski definition) is 2. The fourth-order valence-corrected chi connectivity index (χ4v) is 2.37. The van der Waals surface area contributed by atoms with Gasteiger partial charge in [-0.05, 0) is 25.5 Å². The van der Waals surface area contributed by atoms with Crippen LogP contribution in [0.3, 0.4) is 0 Å². The minimum absolute atomic E-state index is 0.212. The molecule has 0 aromatic heterocycles. The smallest absolute Gasteiger partial charge is 0.338 e. The minimum atomic E-state index is -0.539. The van der Waals surface area contributed by atoms with Gasteiger partial charge in [0.25, 0.3) is 0 Å². The van der Waals surface area contributed by atoms with E-state index < -0.39 is 24.0 Å². The Bertz CT molecular complexity index is 654. The van der Waals surface area contributed by atoms with Crippen molar-refractivity contribution in [1.29, 1.82) is 0 Å². The summed E-state index contributed by atoms with van der Waals surface area (Å²) in [5.74, 6) is -1.07. The highest BCUT2D eigenvalue weighted by Gasteiger charge is 2.32. The lowest BCUT2D eigenvalue weighted by atomic mass is 10.0. The van der Waals surface area contributed by atoms with Crippen LogP contribution in [-0.4, -0.2) is 37.2 Å². The molecule has 2 N–H and O–H groups in total. The van der Waals surface area contributed by atoms with E-state index in [0.29, 0.717) is 12.0 Å². The highest BCUT2D eigenvalue weighted by Crippen LogP contribution is 2.17. The Morgan fingerprint density at radius 2 is 1.79 bits per heavy atom. The van der Waals surface area contributed by atoms with E-state index in [1.54, 1.807) is 37.3 Å². The molecule has 1 aromatic rings. The zero-order valence-electron chi connectivity index (χ0n) is 13.6. The second-order valence-electron chi connectivity index (χ2n) is 5.11. The van der Waals surface area contributed by atoms with E-state index in [9.17, 15) is 14.4 Å². The van der Waals surface area contributed by atoms with E-state index in [0.717, 1.165) is 0 Å². The maximum Gasteiger partial charge on any atom is 0.338 e. The van der Waals surface area contributed by atoms with E-state index in [2.05, 4.69) is 10.6 Å². The van der Waals surface area contributed by atoms with Gasteiger partial charge in [0, 0.05) is 0 Å². The Morgan fingerprint density at radius 1 is 1.08 bits per heavy atom. The molecule has 0 unspecified atom stereocenters. The second-order valence-corrected chi connectivity index (χ2v) is 5.11. The van der Waals surface area contributed by atoms with Gasteiger partial charge < -0.3 is 20.1 Å². The molecule has 0 fully saturated rings. The van der Waals surface area contributed by atoms with Crippen molar-refractivity contribution in [2.75, 3.05) is 13.2 Å². The average molecular weight is 332 g/mol. The lowest BCUT2D eigenvalue weighted by Crippen LogP contribution is -2.51. The van der Waals surface area contributed by atoms with E-state index in [4.69, 9.17) is 9.47 Å². The summed E-state index contributed by atoms with van der Waals surface area (Å²) in [7, 11) is 0. The monoisotopic (exact) mass is 332 g/mol. The van der Waals surface area contributed by atoms with Gasteiger partial charge in [0.05, 0.1) is 29.5 Å². The van der Waals surface area contributed by atoms with Crippen LogP contribution in [0.1, 0.15) is 30.6 Å². The summed E-state index contributed by atoms with van der Waals surface area (Å²) in [5.41, 5.74) is 0.913. The second kappa shape index (κ2) is 8.14. The maximum atomic E-state index is 12.2. The number of nitrogens with one attached hydrogen (secondary N) is 2. The lowest BCUT2D eigenvalue weighted by Gasteiger charge is -2.28. The van der Waals surface area contributed by atoms with Gasteiger partial charge in [-0.1, -0.05) is 25.1 Å². The largest absolute Gasteiger partial charge is 0.463 e. The van der Waals surface area contributed by atoms with Crippen molar-refractivity contribution in [3.8, 4) is 0 Å². The quantitative estimate of drug-likeness (QED) is 0.774. The van der Waals surface area contributed by atoms with Crippen LogP contribution >= 0.6 is 0 Å². The molecule has 1 atom stereocenters. The van der Waals surface area contributed by atoms with Crippen LogP contribution in [0.2, 0.25) is 0 Å². The third-order valence-corrected chi connectivity index (χ3v) is 3.50. The third-order valence-electron chi connectivity index (χ3n) is 3.50. The number of urea groups is 1. The molecule has 1 aromatic carbocycles. The number of esters is 2. The lowest BCUT2D eigenvalue weighted by molar-refractivity contribution is -0.139. The summed E-state index contributed by atoms with van der Waals surface area (Å²) in [6.07, 6.45) is 0.512. The van der Waals surface area contributed by atoms with Crippen molar-refractivity contribution in [2.45, 2.75) is 26.3 Å². The molecule has 0 spiro atoms. The molecule has 0 aliphatic carbocycles. The molecule has 2 rings (SSSR count). The number of carbonyl (C=O) groups excluding carboxylic acids is 3. The van der Waals surface area contributed by atoms with Gasteiger partial charge in [-0.15, -0.1) is 0 Å². The fourth-order valence-electron chi connectivity index (χ4n) is 2.37. The molecule has 1 aliphatic rings. The van der Waals surface area contributed by atoms with Crippen LogP contribution in [0, 0.1) is 0 Å². The van der Waals surface area contributed by atoms with Gasteiger partial charge in [0.15, 0.2) is 0 Å². The molecule has 2 amide bonds. The summed E-state index contributed by atoms with van der Waals surface area (Å²) in [4.78, 5) is 36.0. The molecule has 128 valence electrons. The maximum absolute atomic E-state index is 12.2. The molecular formula is C17H20N2O5. The zero-order chi connectivity index (χ0) is 17.5. The van der Waals surface area contributed by atoms with Crippen molar-refractivity contribution in [3.05, 3.63) is 47.2 Å². The van der Waals surface area contributed by atoms with Gasteiger partial charge in [0.1, 0.15) is 6.61 Å². The van der Waals surface area contributed by atoms with Gasteiger partial charge >= 0.3 is 18.0 Å². The molecule has 7 heteroatoms. The van der Waals surface area contributed by atoms with Gasteiger partial charge in [0.2, 0.25) is 0 Å². The fraction of sp³-hybridized carbons (Fsp3) is 0.353. The van der Waals surface area contributed by atoms with Crippen molar-refractivity contribution in [2.24, 2.45) is 0 Å². The number of rotatable bonds is 6. The molecule has 0 saturated carbocycles. The summed E-state index contributed by atoms with van der Waals surface area (Å²) < 4.78 is 10.3. The van der Waals surface area contributed by atoms with Crippen LogP contribution in [-0.2, 0) is 14.3 Å². The highest BCUT2D eigenvalue weighted by atomic mass is 16.5. The molecular weight excluding hydrogens is 312 g/mol. The number of carbonyl (C=O) groups is 3. The Balaban J connectivity index is 2.19. The van der Waals surface area contributed by atoms with Crippen molar-refractivity contribution < 1.29 is 23.9 Å². The molecule has 0 radical (unpaired) electrons. The first-order valence-corrected chi connectivity index (χ1v) is 7.76. The van der Waals surface area contributed by atoms with E-state index in [1.807, 2.05) is 6.92 Å². The molecule has 0 saturated heterocycles. The minimum Gasteiger partial charge on any atom is -0.463 e. The topological polar surface area (TPSA) is 93.7 Å².